The Morgan fingerprint density at radius 1 is 1.65 bits per heavy atom. The van der Waals surface area contributed by atoms with Crippen molar-refractivity contribution in [2.24, 2.45) is 0 Å². The minimum atomic E-state index is -0.546. The predicted octanol–water partition coefficient (Wildman–Crippen LogP) is 1.93. The van der Waals surface area contributed by atoms with Crippen LogP contribution in [-0.4, -0.2) is 40.7 Å². The van der Waals surface area contributed by atoms with Gasteiger partial charge in [0.25, 0.3) is 0 Å². The van der Waals surface area contributed by atoms with E-state index in [9.17, 15) is 9.90 Å². The second-order valence-electron chi connectivity index (χ2n) is 4.51. The van der Waals surface area contributed by atoms with Crippen LogP contribution in [0.15, 0.2) is 28.2 Å². The van der Waals surface area contributed by atoms with Crippen molar-refractivity contribution in [3.63, 3.8) is 0 Å². The van der Waals surface area contributed by atoms with Crippen LogP contribution in [0.25, 0.3) is 10.8 Å². The first kappa shape index (κ1) is 14.5. The summed E-state index contributed by atoms with van der Waals surface area (Å²) in [6, 6.07) is 3.42. The maximum absolute atomic E-state index is 11.7. The van der Waals surface area contributed by atoms with Crippen LogP contribution in [0.2, 0.25) is 0 Å². The molecule has 108 valence electrons. The Morgan fingerprint density at radius 2 is 2.45 bits per heavy atom. The van der Waals surface area contributed by atoms with Gasteiger partial charge in [-0.1, -0.05) is 0 Å². The molecule has 6 nitrogen and oxygen atoms in total. The van der Waals surface area contributed by atoms with Gasteiger partial charge in [0, 0.05) is 19.0 Å². The first-order valence-electron chi connectivity index (χ1n) is 6.21. The van der Waals surface area contributed by atoms with Gasteiger partial charge in [0.1, 0.15) is 0 Å². The molecule has 0 spiro atoms. The summed E-state index contributed by atoms with van der Waals surface area (Å²) in [5.74, 6) is 0.721. The number of hydrogen-bond donors (Lipinski definition) is 2. The number of aliphatic hydroxyl groups excluding tert-OH is 1. The Labute approximate surface area is 121 Å². The number of urea groups is 1. The lowest BCUT2D eigenvalue weighted by atomic mass is 10.4. The number of thiazole rings is 1. The van der Waals surface area contributed by atoms with Crippen molar-refractivity contribution in [2.75, 3.05) is 13.6 Å². The molecule has 0 bridgehead atoms. The van der Waals surface area contributed by atoms with E-state index in [2.05, 4.69) is 10.3 Å². The number of amides is 2. The summed E-state index contributed by atoms with van der Waals surface area (Å²) in [6.45, 7) is 2.28. The topological polar surface area (TPSA) is 78.6 Å². The second kappa shape index (κ2) is 6.53. The Balaban J connectivity index is 1.87. The van der Waals surface area contributed by atoms with Gasteiger partial charge in [-0.2, -0.15) is 0 Å². The lowest BCUT2D eigenvalue weighted by molar-refractivity contribution is 0.143. The first-order valence-corrected chi connectivity index (χ1v) is 7.09. The largest absolute Gasteiger partial charge is 0.462 e. The van der Waals surface area contributed by atoms with Crippen LogP contribution in [0, 0.1) is 0 Å². The monoisotopic (exact) mass is 295 g/mol. The number of furan rings is 1. The molecule has 2 rings (SSSR count). The van der Waals surface area contributed by atoms with E-state index in [0.29, 0.717) is 13.1 Å². The number of likely N-dealkylation sites (N-methyl/N-ethyl adjacent to an activating group) is 1. The summed E-state index contributed by atoms with van der Waals surface area (Å²) in [7, 11) is 1.64. The van der Waals surface area contributed by atoms with Gasteiger partial charge in [-0.3, -0.25) is 0 Å². The lowest BCUT2D eigenvalue weighted by Gasteiger charge is -2.18. The fraction of sp³-hybridized carbons (Fsp3) is 0.385. The summed E-state index contributed by atoms with van der Waals surface area (Å²) in [5.41, 5.74) is 0.778. The average Bonchev–Trinajstić information content (AvgIpc) is 3.05. The molecule has 0 aromatic carbocycles. The van der Waals surface area contributed by atoms with Crippen molar-refractivity contribution in [2.45, 2.75) is 19.6 Å². The van der Waals surface area contributed by atoms with Crippen LogP contribution in [0.4, 0.5) is 4.79 Å². The fourth-order valence-corrected chi connectivity index (χ4v) is 2.47. The molecule has 20 heavy (non-hydrogen) atoms. The molecule has 1 atom stereocenters. The predicted molar refractivity (Wildman–Crippen MR) is 76.4 cm³/mol. The van der Waals surface area contributed by atoms with Crippen LogP contribution < -0.4 is 5.32 Å². The molecule has 2 N–H and O–H groups in total. The SMILES string of the molecule is CC(O)CN(C)C(=O)NCc1csc(-c2ccco2)n1. The van der Waals surface area contributed by atoms with Crippen molar-refractivity contribution >= 4 is 17.4 Å². The summed E-state index contributed by atoms with van der Waals surface area (Å²) in [6.07, 6.45) is 1.05. The molecule has 0 aliphatic carbocycles. The maximum Gasteiger partial charge on any atom is 0.317 e. The minimum Gasteiger partial charge on any atom is -0.462 e. The number of nitrogens with zero attached hydrogens (tertiary/aromatic N) is 2. The molecule has 0 saturated carbocycles. The molecule has 2 heterocycles. The third-order valence-corrected chi connectivity index (χ3v) is 3.49. The number of carbonyl (C=O) groups excluding carboxylic acids is 1. The summed E-state index contributed by atoms with van der Waals surface area (Å²) < 4.78 is 5.27. The third kappa shape index (κ3) is 3.82. The van der Waals surface area contributed by atoms with Gasteiger partial charge in [0.2, 0.25) is 0 Å². The smallest absolute Gasteiger partial charge is 0.317 e. The Bertz CT molecular complexity index is 551. The normalized spacial score (nSPS) is 12.2. The van der Waals surface area contributed by atoms with E-state index < -0.39 is 6.10 Å². The highest BCUT2D eigenvalue weighted by molar-refractivity contribution is 7.13. The summed E-state index contributed by atoms with van der Waals surface area (Å²) >= 11 is 1.47. The molecule has 2 amide bonds. The molecule has 0 saturated heterocycles. The van der Waals surface area contributed by atoms with E-state index in [4.69, 9.17) is 4.42 Å². The van der Waals surface area contributed by atoms with E-state index in [1.165, 1.54) is 16.2 Å². The van der Waals surface area contributed by atoms with Gasteiger partial charge < -0.3 is 19.7 Å². The first-order chi connectivity index (χ1) is 9.56. The molecule has 0 radical (unpaired) electrons. The van der Waals surface area contributed by atoms with Gasteiger partial charge in [-0.15, -0.1) is 11.3 Å². The molecular formula is C13H17N3O3S. The number of aliphatic hydroxyl groups is 1. The Morgan fingerprint density at radius 3 is 3.10 bits per heavy atom. The number of carbonyl (C=O) groups is 1. The van der Waals surface area contributed by atoms with Crippen molar-refractivity contribution < 1.29 is 14.3 Å². The zero-order valence-electron chi connectivity index (χ0n) is 11.4. The van der Waals surface area contributed by atoms with Crippen LogP contribution in [0.3, 0.4) is 0 Å². The van der Waals surface area contributed by atoms with Gasteiger partial charge in [0.15, 0.2) is 10.8 Å². The molecule has 0 aliphatic rings. The van der Waals surface area contributed by atoms with E-state index in [1.54, 1.807) is 20.2 Å². The van der Waals surface area contributed by atoms with E-state index in [0.717, 1.165) is 16.5 Å². The molecule has 1 unspecified atom stereocenters. The maximum atomic E-state index is 11.7. The highest BCUT2D eigenvalue weighted by Crippen LogP contribution is 2.23. The van der Waals surface area contributed by atoms with Crippen molar-refractivity contribution in [1.82, 2.24) is 15.2 Å². The van der Waals surface area contributed by atoms with Crippen LogP contribution in [0.5, 0.6) is 0 Å². The standard InChI is InChI=1S/C13H17N3O3S/c1-9(17)7-16(2)13(18)14-6-10-8-20-12(15-10)11-4-3-5-19-11/h3-5,8-9,17H,6-7H2,1-2H3,(H,14,18). The number of aromatic nitrogens is 1. The minimum absolute atomic E-state index is 0.238. The zero-order valence-corrected chi connectivity index (χ0v) is 12.2. The quantitative estimate of drug-likeness (QED) is 0.883. The number of rotatable bonds is 5. The Hall–Kier alpha value is -1.86. The molecular weight excluding hydrogens is 278 g/mol. The molecule has 0 aliphatic heterocycles. The summed E-state index contributed by atoms with van der Waals surface area (Å²) in [4.78, 5) is 17.6. The zero-order chi connectivity index (χ0) is 14.5. The van der Waals surface area contributed by atoms with Crippen molar-refractivity contribution in [1.29, 1.82) is 0 Å². The van der Waals surface area contributed by atoms with E-state index in [-0.39, 0.29) is 6.03 Å². The summed E-state index contributed by atoms with van der Waals surface area (Å²) in [5, 5.41) is 14.6. The third-order valence-electron chi connectivity index (χ3n) is 2.59. The van der Waals surface area contributed by atoms with E-state index in [1.807, 2.05) is 17.5 Å². The highest BCUT2D eigenvalue weighted by Gasteiger charge is 2.12. The number of hydrogen-bond acceptors (Lipinski definition) is 5. The second-order valence-corrected chi connectivity index (χ2v) is 5.37. The molecule has 0 fully saturated rings. The molecule has 7 heteroatoms. The van der Waals surface area contributed by atoms with E-state index >= 15 is 0 Å². The van der Waals surface area contributed by atoms with Gasteiger partial charge in [-0.05, 0) is 19.1 Å². The van der Waals surface area contributed by atoms with Gasteiger partial charge in [-0.25, -0.2) is 9.78 Å². The van der Waals surface area contributed by atoms with Crippen LogP contribution in [-0.2, 0) is 6.54 Å². The van der Waals surface area contributed by atoms with Gasteiger partial charge in [0.05, 0.1) is 24.6 Å². The van der Waals surface area contributed by atoms with Crippen LogP contribution in [0.1, 0.15) is 12.6 Å². The Kier molecular flexibility index (Phi) is 4.75. The molecule has 2 aromatic heterocycles. The highest BCUT2D eigenvalue weighted by atomic mass is 32.1. The van der Waals surface area contributed by atoms with Crippen molar-refractivity contribution in [3.05, 3.63) is 29.5 Å². The molecule has 2 aromatic rings. The average molecular weight is 295 g/mol. The lowest BCUT2D eigenvalue weighted by Crippen LogP contribution is -2.40. The van der Waals surface area contributed by atoms with Crippen LogP contribution >= 0.6 is 11.3 Å². The van der Waals surface area contributed by atoms with Gasteiger partial charge >= 0.3 is 6.03 Å². The fourth-order valence-electron chi connectivity index (χ4n) is 1.68. The number of nitrogens with one attached hydrogen (secondary N) is 1. The van der Waals surface area contributed by atoms with Crippen molar-refractivity contribution in [3.8, 4) is 10.8 Å².